The number of ether oxygens (including phenoxy) is 2. The number of carbonyl (C=O) groups excluding carboxylic acids is 1. The maximum Gasteiger partial charge on any atom is 0.263 e. The molecule has 1 heterocycles. The van der Waals surface area contributed by atoms with Gasteiger partial charge in [-0.05, 0) is 74.6 Å². The Balaban J connectivity index is 1.79. The maximum absolute atomic E-state index is 13.5. The van der Waals surface area contributed by atoms with Gasteiger partial charge in [0.1, 0.15) is 11.5 Å². The highest BCUT2D eigenvalue weighted by atomic mass is 35.5. The Bertz CT molecular complexity index is 1060. The van der Waals surface area contributed by atoms with Crippen LogP contribution in [0, 0.1) is 13.8 Å². The molecular weight excluding hydrogens is 462 g/mol. The molecule has 2 unspecified atom stereocenters. The number of sulfone groups is 1. The molecule has 33 heavy (non-hydrogen) atoms. The zero-order chi connectivity index (χ0) is 24.2. The maximum atomic E-state index is 13.5. The van der Waals surface area contributed by atoms with Crippen molar-refractivity contribution in [2.24, 2.45) is 0 Å². The van der Waals surface area contributed by atoms with Gasteiger partial charge in [-0.2, -0.15) is 0 Å². The Morgan fingerprint density at radius 2 is 1.79 bits per heavy atom. The van der Waals surface area contributed by atoms with Crippen molar-refractivity contribution in [1.82, 2.24) is 4.90 Å². The molecule has 0 aliphatic carbocycles. The summed E-state index contributed by atoms with van der Waals surface area (Å²) in [6.07, 6.45) is 0.572. The number of carbonyl (C=O) groups is 1. The zero-order valence-corrected chi connectivity index (χ0v) is 21.2. The van der Waals surface area contributed by atoms with Crippen molar-refractivity contribution in [3.8, 4) is 11.5 Å². The topological polar surface area (TPSA) is 72.9 Å². The summed E-state index contributed by atoms with van der Waals surface area (Å²) in [5.74, 6) is 1.16. The van der Waals surface area contributed by atoms with Crippen molar-refractivity contribution in [3.63, 3.8) is 0 Å². The second-order valence-electron chi connectivity index (χ2n) is 8.65. The molecule has 0 radical (unpaired) electrons. The fraction of sp³-hybridized carbons (Fsp3) is 0.480. The van der Waals surface area contributed by atoms with E-state index in [0.29, 0.717) is 30.3 Å². The molecule has 1 fully saturated rings. The first-order valence-corrected chi connectivity index (χ1v) is 13.5. The van der Waals surface area contributed by atoms with Crippen LogP contribution in [-0.2, 0) is 21.2 Å². The van der Waals surface area contributed by atoms with Gasteiger partial charge in [0.05, 0.1) is 18.1 Å². The van der Waals surface area contributed by atoms with Crippen molar-refractivity contribution in [2.75, 3.05) is 18.1 Å². The van der Waals surface area contributed by atoms with Crippen LogP contribution in [-0.4, -0.2) is 49.5 Å². The van der Waals surface area contributed by atoms with Crippen LogP contribution in [0.1, 0.15) is 43.4 Å². The van der Waals surface area contributed by atoms with E-state index in [1.165, 1.54) is 0 Å². The molecule has 0 N–H and O–H groups in total. The number of hydrogen-bond donors (Lipinski definition) is 0. The number of amides is 1. The van der Waals surface area contributed by atoms with Crippen LogP contribution in [0.5, 0.6) is 11.5 Å². The number of nitrogens with zero attached hydrogens (tertiary/aromatic N) is 1. The first kappa shape index (κ1) is 25.4. The van der Waals surface area contributed by atoms with Gasteiger partial charge in [-0.25, -0.2) is 8.42 Å². The van der Waals surface area contributed by atoms with E-state index in [4.69, 9.17) is 21.1 Å². The zero-order valence-electron chi connectivity index (χ0n) is 19.6. The third-order valence-corrected chi connectivity index (χ3v) is 8.10. The molecule has 3 rings (SSSR count). The van der Waals surface area contributed by atoms with E-state index < -0.39 is 15.9 Å². The Labute approximate surface area is 201 Å². The van der Waals surface area contributed by atoms with Crippen molar-refractivity contribution >= 4 is 27.3 Å². The number of rotatable bonds is 9. The summed E-state index contributed by atoms with van der Waals surface area (Å²) >= 11 is 6.24. The van der Waals surface area contributed by atoms with Crippen molar-refractivity contribution in [3.05, 3.63) is 58.1 Å². The van der Waals surface area contributed by atoms with Gasteiger partial charge < -0.3 is 14.4 Å². The summed E-state index contributed by atoms with van der Waals surface area (Å²) < 4.78 is 35.9. The highest BCUT2D eigenvalue weighted by molar-refractivity contribution is 7.91. The highest BCUT2D eigenvalue weighted by Crippen LogP contribution is 2.28. The van der Waals surface area contributed by atoms with Gasteiger partial charge in [0.2, 0.25) is 0 Å². The van der Waals surface area contributed by atoms with Gasteiger partial charge in [-0.15, -0.1) is 0 Å². The lowest BCUT2D eigenvalue weighted by Crippen LogP contribution is -2.46. The molecule has 0 aromatic heterocycles. The molecule has 0 saturated carbocycles. The lowest BCUT2D eigenvalue weighted by Gasteiger charge is -2.31. The predicted molar refractivity (Wildman–Crippen MR) is 131 cm³/mol. The van der Waals surface area contributed by atoms with Crippen LogP contribution >= 0.6 is 11.6 Å². The minimum atomic E-state index is -3.15. The fourth-order valence-electron chi connectivity index (χ4n) is 3.98. The lowest BCUT2D eigenvalue weighted by molar-refractivity contribution is -0.140. The second kappa shape index (κ2) is 10.8. The Morgan fingerprint density at radius 1 is 1.15 bits per heavy atom. The van der Waals surface area contributed by atoms with Crippen LogP contribution in [0.15, 0.2) is 36.4 Å². The average molecular weight is 494 g/mol. The molecule has 1 saturated heterocycles. The quantitative estimate of drug-likeness (QED) is 0.505. The molecule has 2 aromatic rings. The van der Waals surface area contributed by atoms with Crippen LogP contribution in [0.3, 0.4) is 0 Å². The first-order valence-electron chi connectivity index (χ1n) is 11.3. The van der Waals surface area contributed by atoms with Gasteiger partial charge in [0, 0.05) is 17.6 Å². The average Bonchev–Trinajstić information content (AvgIpc) is 3.13. The van der Waals surface area contributed by atoms with Crippen LogP contribution in [0.4, 0.5) is 0 Å². The van der Waals surface area contributed by atoms with Crippen LogP contribution in [0.2, 0.25) is 5.02 Å². The standard InChI is InChI=1S/C25H32ClNO5S/c1-5-11-31-22-8-6-20(7-9-22)15-27(21-10-12-33(29,30)16-21)25(28)19(4)32-23-13-17(2)24(26)18(3)14-23/h6-9,13-14,19,21H,5,10-12,15-16H2,1-4H3. The molecular formula is C25H32ClNO5S. The molecule has 0 bridgehead atoms. The minimum Gasteiger partial charge on any atom is -0.494 e. The number of aryl methyl sites for hydroxylation is 2. The lowest BCUT2D eigenvalue weighted by atomic mass is 10.1. The van der Waals surface area contributed by atoms with Gasteiger partial charge in [-0.1, -0.05) is 30.7 Å². The summed E-state index contributed by atoms with van der Waals surface area (Å²) in [5.41, 5.74) is 2.65. The molecule has 2 atom stereocenters. The van der Waals surface area contributed by atoms with E-state index in [0.717, 1.165) is 28.9 Å². The number of hydrogen-bond acceptors (Lipinski definition) is 5. The fourth-order valence-corrected chi connectivity index (χ4v) is 5.82. The largest absolute Gasteiger partial charge is 0.494 e. The summed E-state index contributed by atoms with van der Waals surface area (Å²) in [5, 5.41) is 0.672. The molecule has 6 nitrogen and oxygen atoms in total. The minimum absolute atomic E-state index is 0.0255. The Hall–Kier alpha value is -2.25. The Kier molecular flexibility index (Phi) is 8.29. The third-order valence-electron chi connectivity index (χ3n) is 5.75. The van der Waals surface area contributed by atoms with Gasteiger partial charge in [0.15, 0.2) is 15.9 Å². The van der Waals surface area contributed by atoms with Gasteiger partial charge in [-0.3, -0.25) is 4.79 Å². The molecule has 1 aliphatic rings. The van der Waals surface area contributed by atoms with E-state index in [2.05, 4.69) is 0 Å². The first-order chi connectivity index (χ1) is 15.6. The molecule has 180 valence electrons. The normalized spacial score (nSPS) is 18.0. The molecule has 2 aromatic carbocycles. The van der Waals surface area contributed by atoms with Crippen LogP contribution < -0.4 is 9.47 Å². The smallest absolute Gasteiger partial charge is 0.263 e. The summed E-state index contributed by atoms with van der Waals surface area (Å²) in [6.45, 7) is 8.46. The van der Waals surface area contributed by atoms with Crippen LogP contribution in [0.25, 0.3) is 0 Å². The molecule has 0 spiro atoms. The number of halogens is 1. The van der Waals surface area contributed by atoms with E-state index >= 15 is 0 Å². The molecule has 1 amide bonds. The summed E-state index contributed by atoms with van der Waals surface area (Å²) in [4.78, 5) is 15.1. The van der Waals surface area contributed by atoms with E-state index in [1.54, 1.807) is 24.0 Å². The van der Waals surface area contributed by atoms with Gasteiger partial charge >= 0.3 is 0 Å². The van der Waals surface area contributed by atoms with E-state index in [1.807, 2.05) is 45.0 Å². The summed E-state index contributed by atoms with van der Waals surface area (Å²) in [7, 11) is -3.15. The van der Waals surface area contributed by atoms with E-state index in [9.17, 15) is 13.2 Å². The third kappa shape index (κ3) is 6.64. The second-order valence-corrected chi connectivity index (χ2v) is 11.3. The van der Waals surface area contributed by atoms with Crippen molar-refractivity contribution in [1.29, 1.82) is 0 Å². The number of benzene rings is 2. The SMILES string of the molecule is CCCOc1ccc(CN(C(=O)C(C)Oc2cc(C)c(Cl)c(C)c2)C2CCS(=O)(=O)C2)cc1. The van der Waals surface area contributed by atoms with Crippen molar-refractivity contribution in [2.45, 2.75) is 59.2 Å². The molecule has 8 heteroatoms. The summed E-state index contributed by atoms with van der Waals surface area (Å²) in [6, 6.07) is 10.8. The highest BCUT2D eigenvalue weighted by Gasteiger charge is 2.36. The van der Waals surface area contributed by atoms with Crippen molar-refractivity contribution < 1.29 is 22.7 Å². The van der Waals surface area contributed by atoms with Gasteiger partial charge in [0.25, 0.3) is 5.91 Å². The molecule has 1 aliphatic heterocycles. The monoisotopic (exact) mass is 493 g/mol. The van der Waals surface area contributed by atoms with E-state index in [-0.39, 0.29) is 23.5 Å². The Morgan fingerprint density at radius 3 is 2.33 bits per heavy atom. The predicted octanol–water partition coefficient (Wildman–Crippen LogP) is 4.73.